The monoisotopic (exact) mass is 380 g/mol. The van der Waals surface area contributed by atoms with Gasteiger partial charge in [-0.15, -0.1) is 11.3 Å². The first kappa shape index (κ1) is 18.8. The van der Waals surface area contributed by atoms with Crippen molar-refractivity contribution in [1.29, 1.82) is 0 Å². The number of carbonyl (C=O) groups excluding carboxylic acids is 2. The zero-order valence-corrected chi connectivity index (χ0v) is 15.8. The average molecular weight is 380 g/mol. The molecule has 5 nitrogen and oxygen atoms in total. The van der Waals surface area contributed by atoms with Crippen molar-refractivity contribution in [2.24, 2.45) is 5.73 Å². The molecule has 0 aliphatic carbocycles. The Morgan fingerprint density at radius 3 is 2.26 bits per heavy atom. The summed E-state index contributed by atoms with van der Waals surface area (Å²) >= 11 is 1.64. The normalized spacial score (nSPS) is 12.9. The Bertz CT molecular complexity index is 893. The first-order valence-corrected chi connectivity index (χ1v) is 9.53. The highest BCUT2D eigenvalue weighted by molar-refractivity contribution is 7.10. The molecule has 0 unspecified atom stereocenters. The van der Waals surface area contributed by atoms with E-state index in [0.717, 1.165) is 16.0 Å². The van der Waals surface area contributed by atoms with Crippen LogP contribution in [-0.4, -0.2) is 11.9 Å². The van der Waals surface area contributed by atoms with Crippen molar-refractivity contribution < 1.29 is 14.9 Å². The van der Waals surface area contributed by atoms with Gasteiger partial charge in [-0.3, -0.25) is 10.1 Å². The van der Waals surface area contributed by atoms with Crippen molar-refractivity contribution in [3.8, 4) is 0 Å². The zero-order chi connectivity index (χ0) is 19.2. The Labute approximate surface area is 162 Å². The predicted molar refractivity (Wildman–Crippen MR) is 106 cm³/mol. The van der Waals surface area contributed by atoms with Gasteiger partial charge in [0.15, 0.2) is 6.04 Å². The highest BCUT2D eigenvalue weighted by Crippen LogP contribution is 2.24. The minimum Gasteiger partial charge on any atom is -0.351 e. The summed E-state index contributed by atoms with van der Waals surface area (Å²) in [5.41, 5.74) is 8.26. The Kier molecular flexibility index (Phi) is 6.01. The maximum Gasteiger partial charge on any atom is 0.319 e. The van der Waals surface area contributed by atoms with Crippen LogP contribution in [0.3, 0.4) is 0 Å². The molecule has 0 bridgehead atoms. The average Bonchev–Trinajstić information content (AvgIpc) is 3.18. The number of quaternary nitrogens is 1. The van der Waals surface area contributed by atoms with Crippen LogP contribution in [-0.2, 0) is 4.79 Å². The number of rotatable bonds is 6. The molecule has 0 aliphatic heterocycles. The molecule has 2 atom stereocenters. The van der Waals surface area contributed by atoms with Crippen molar-refractivity contribution in [2.45, 2.75) is 19.0 Å². The van der Waals surface area contributed by atoms with Gasteiger partial charge in [0.1, 0.15) is 6.04 Å². The topological polar surface area (TPSA) is 88.8 Å². The van der Waals surface area contributed by atoms with E-state index in [1.54, 1.807) is 11.3 Å². The minimum absolute atomic E-state index is 0.0746. The van der Waals surface area contributed by atoms with Crippen molar-refractivity contribution in [2.75, 3.05) is 0 Å². The summed E-state index contributed by atoms with van der Waals surface area (Å²) in [6.45, 7) is 2.04. The fraction of sp³-hybridized carbons (Fsp3) is 0.143. The van der Waals surface area contributed by atoms with E-state index in [4.69, 9.17) is 5.73 Å². The fourth-order valence-corrected chi connectivity index (χ4v) is 3.85. The van der Waals surface area contributed by atoms with E-state index in [-0.39, 0.29) is 6.04 Å². The van der Waals surface area contributed by atoms with Gasteiger partial charge in [-0.1, -0.05) is 66.2 Å². The summed E-state index contributed by atoms with van der Waals surface area (Å²) in [4.78, 5) is 25.1. The van der Waals surface area contributed by atoms with E-state index in [1.165, 1.54) is 5.56 Å². The predicted octanol–water partition coefficient (Wildman–Crippen LogP) is 2.65. The van der Waals surface area contributed by atoms with Gasteiger partial charge in [0, 0.05) is 11.1 Å². The van der Waals surface area contributed by atoms with Crippen LogP contribution in [0.15, 0.2) is 72.1 Å². The van der Waals surface area contributed by atoms with Crippen molar-refractivity contribution in [1.82, 2.24) is 5.32 Å². The van der Waals surface area contributed by atoms with Crippen molar-refractivity contribution >= 4 is 23.3 Å². The van der Waals surface area contributed by atoms with E-state index in [0.29, 0.717) is 0 Å². The molecular weight excluding hydrogens is 358 g/mol. The number of aryl methyl sites for hydroxylation is 1. The van der Waals surface area contributed by atoms with E-state index in [9.17, 15) is 9.59 Å². The number of imide groups is 1. The summed E-state index contributed by atoms with van der Waals surface area (Å²) in [6.07, 6.45) is 0. The lowest BCUT2D eigenvalue weighted by Crippen LogP contribution is -2.88. The van der Waals surface area contributed by atoms with Crippen LogP contribution in [0.5, 0.6) is 0 Å². The number of nitrogens with two attached hydrogens (primary N) is 2. The lowest BCUT2D eigenvalue weighted by Gasteiger charge is -2.22. The van der Waals surface area contributed by atoms with Crippen molar-refractivity contribution in [3.63, 3.8) is 0 Å². The van der Waals surface area contributed by atoms with Crippen molar-refractivity contribution in [3.05, 3.63) is 93.7 Å². The second-order valence-corrected chi connectivity index (χ2v) is 7.32. The molecule has 0 spiro atoms. The van der Waals surface area contributed by atoms with E-state index >= 15 is 0 Å². The molecule has 6 heteroatoms. The Morgan fingerprint density at radius 1 is 0.963 bits per heavy atom. The van der Waals surface area contributed by atoms with Gasteiger partial charge in [0.2, 0.25) is 0 Å². The maximum atomic E-state index is 12.7. The molecule has 1 heterocycles. The van der Waals surface area contributed by atoms with Gasteiger partial charge in [0.05, 0.1) is 4.88 Å². The minimum atomic E-state index is -0.850. The van der Waals surface area contributed by atoms with Gasteiger partial charge in [-0.2, -0.15) is 0 Å². The summed E-state index contributed by atoms with van der Waals surface area (Å²) in [5, 5.41) is 6.22. The van der Waals surface area contributed by atoms with Crippen LogP contribution in [0.1, 0.15) is 33.7 Å². The number of nitrogens with one attached hydrogen (secondary N) is 1. The molecule has 5 N–H and O–H groups in total. The number of hydrogen-bond donors (Lipinski definition) is 3. The molecule has 2 aromatic carbocycles. The quantitative estimate of drug-likeness (QED) is 0.614. The second-order valence-electron chi connectivity index (χ2n) is 6.34. The zero-order valence-electron chi connectivity index (χ0n) is 15.0. The summed E-state index contributed by atoms with van der Waals surface area (Å²) in [5.74, 6) is -0.428. The molecule has 1 aromatic heterocycles. The third kappa shape index (κ3) is 4.81. The number of amides is 3. The second kappa shape index (κ2) is 8.62. The number of benzene rings is 2. The molecule has 138 valence electrons. The summed E-state index contributed by atoms with van der Waals surface area (Å²) in [6, 6.07) is 20.2. The Balaban J connectivity index is 1.98. The Hall–Kier alpha value is -2.96. The summed E-state index contributed by atoms with van der Waals surface area (Å²) in [7, 11) is 0. The Morgan fingerprint density at radius 2 is 1.67 bits per heavy atom. The first-order valence-electron chi connectivity index (χ1n) is 8.65. The van der Waals surface area contributed by atoms with E-state index in [2.05, 4.69) is 35.6 Å². The number of urea groups is 1. The number of primary amides is 1. The van der Waals surface area contributed by atoms with Gasteiger partial charge in [0.25, 0.3) is 5.91 Å². The molecule has 0 aliphatic rings. The molecule has 0 saturated carbocycles. The molecule has 3 aromatic rings. The number of carbonyl (C=O) groups is 2. The molecule has 0 fully saturated rings. The SMILES string of the molecule is Cc1ccc([C@@H]([NH2+][C@@H](C(=O)NC(N)=O)c2ccccc2)c2cccs2)cc1. The fourth-order valence-electron chi connectivity index (χ4n) is 3.01. The first-order chi connectivity index (χ1) is 13.0. The van der Waals surface area contributed by atoms with E-state index in [1.807, 2.05) is 54.0 Å². The van der Waals surface area contributed by atoms with Gasteiger partial charge in [-0.25, -0.2) is 4.79 Å². The van der Waals surface area contributed by atoms with Gasteiger partial charge >= 0.3 is 6.03 Å². The highest BCUT2D eigenvalue weighted by Gasteiger charge is 2.31. The van der Waals surface area contributed by atoms with Gasteiger partial charge in [-0.05, 0) is 18.4 Å². The van der Waals surface area contributed by atoms with Crippen LogP contribution in [0.25, 0.3) is 0 Å². The molecule has 0 radical (unpaired) electrons. The lowest BCUT2D eigenvalue weighted by atomic mass is 9.99. The van der Waals surface area contributed by atoms with Crippen LogP contribution >= 0.6 is 11.3 Å². The molecule has 27 heavy (non-hydrogen) atoms. The summed E-state index contributed by atoms with van der Waals surface area (Å²) < 4.78 is 0. The van der Waals surface area contributed by atoms with Gasteiger partial charge < -0.3 is 11.1 Å². The van der Waals surface area contributed by atoms with Crippen LogP contribution in [0.2, 0.25) is 0 Å². The molecule has 0 saturated heterocycles. The number of hydrogen-bond acceptors (Lipinski definition) is 3. The van der Waals surface area contributed by atoms with Crippen LogP contribution in [0.4, 0.5) is 4.79 Å². The van der Waals surface area contributed by atoms with Crippen LogP contribution < -0.4 is 16.4 Å². The molecule has 3 amide bonds. The standard InChI is InChI=1S/C21H21N3O2S/c1-14-9-11-16(12-10-14)18(17-8-5-13-27-17)23-19(20(25)24-21(22)26)15-6-3-2-4-7-15/h2-13,18-19,23H,1H3,(H3,22,24,25,26)/p+1/t18-,19-/m1/s1. The largest absolute Gasteiger partial charge is 0.351 e. The lowest BCUT2D eigenvalue weighted by molar-refractivity contribution is -0.713. The van der Waals surface area contributed by atoms with E-state index < -0.39 is 18.0 Å². The maximum absolute atomic E-state index is 12.7. The molecular formula is C21H22N3O2S+. The van der Waals surface area contributed by atoms with Crippen LogP contribution in [0, 0.1) is 6.92 Å². The third-order valence-corrected chi connectivity index (χ3v) is 5.31. The highest BCUT2D eigenvalue weighted by atomic mass is 32.1. The third-order valence-electron chi connectivity index (χ3n) is 4.36. The smallest absolute Gasteiger partial charge is 0.319 e. The number of thiophene rings is 1. The molecule has 3 rings (SSSR count).